The monoisotopic (exact) mass is 631 g/mol. The summed E-state index contributed by atoms with van der Waals surface area (Å²) in [6.45, 7) is 9.46. The lowest BCUT2D eigenvalue weighted by molar-refractivity contribution is -0.908. The first-order chi connectivity index (χ1) is 20.5. The number of nitrogens with two attached hydrogens (primary N) is 2. The maximum Gasteiger partial charge on any atom is 0.237 e. The summed E-state index contributed by atoms with van der Waals surface area (Å²) in [5, 5.41) is 3.15. The lowest BCUT2D eigenvalue weighted by atomic mass is 10.0. The van der Waals surface area contributed by atoms with Gasteiger partial charge in [-0.3, -0.25) is 4.79 Å². The number of nitrogens with zero attached hydrogens (tertiary/aromatic N) is 1. The molecular weight excluding hydrogens is 552 g/mol. The van der Waals surface area contributed by atoms with Gasteiger partial charge in [0.05, 0.1) is 39.3 Å². The minimum absolute atomic E-state index is 0. The van der Waals surface area contributed by atoms with E-state index in [1.165, 1.54) is 167 Å². The first kappa shape index (κ1) is 44.8. The number of hydrogen-bond donors (Lipinski definition) is 3. The fraction of sp³-hybridized carbons (Fsp3) is 0.973. The molecule has 0 fully saturated rings. The second-order valence-electron chi connectivity index (χ2n) is 13.8. The first-order valence-corrected chi connectivity index (χ1v) is 19.1. The van der Waals surface area contributed by atoms with Crippen LogP contribution in [0.15, 0.2) is 0 Å². The molecule has 1 amide bonds. The van der Waals surface area contributed by atoms with E-state index in [2.05, 4.69) is 26.2 Å². The van der Waals surface area contributed by atoms with E-state index in [0.717, 1.165) is 36.8 Å². The second-order valence-corrected chi connectivity index (χ2v) is 13.8. The van der Waals surface area contributed by atoms with Gasteiger partial charge < -0.3 is 33.7 Å². The lowest BCUT2D eigenvalue weighted by Gasteiger charge is -2.35. The summed E-state index contributed by atoms with van der Waals surface area (Å²) in [6, 6.07) is -0.400. The lowest BCUT2D eigenvalue weighted by Crippen LogP contribution is -3.00. The van der Waals surface area contributed by atoms with E-state index in [9.17, 15) is 4.79 Å². The first-order valence-electron chi connectivity index (χ1n) is 19.1. The van der Waals surface area contributed by atoms with Crippen LogP contribution >= 0.6 is 0 Å². The predicted molar refractivity (Wildman–Crippen MR) is 187 cm³/mol. The van der Waals surface area contributed by atoms with Gasteiger partial charge >= 0.3 is 0 Å². The van der Waals surface area contributed by atoms with Crippen LogP contribution in [0.1, 0.15) is 187 Å². The van der Waals surface area contributed by atoms with E-state index in [1.54, 1.807) is 0 Å². The van der Waals surface area contributed by atoms with Crippen LogP contribution in [0.5, 0.6) is 0 Å². The van der Waals surface area contributed by atoms with Gasteiger partial charge in [0, 0.05) is 0 Å². The summed E-state index contributed by atoms with van der Waals surface area (Å²) < 4.78 is 1.08. The summed E-state index contributed by atoms with van der Waals surface area (Å²) in [4.78, 5) is 12.5. The van der Waals surface area contributed by atoms with Crippen LogP contribution in [0.25, 0.3) is 0 Å². The normalized spacial score (nSPS) is 12.3. The molecule has 0 aromatic rings. The van der Waals surface area contributed by atoms with Crippen molar-refractivity contribution >= 4 is 5.91 Å². The van der Waals surface area contributed by atoms with Crippen LogP contribution in [0.4, 0.5) is 0 Å². The molecule has 1 atom stereocenters. The number of unbranched alkanes of at least 4 members (excludes halogenated alkanes) is 23. The standard InChI is InChI=1S/C37H78N4O.ClH/c1-4-6-8-10-12-14-16-18-20-22-24-28-33-41(3,35-32-40-37(42)36(39)30-26-27-31-38)34-29-25-23-21-19-17-15-13-11-9-7-5-2;/h36H,4-35,38-39H2,1-3H3;1H/t36-;/m0./s1. The van der Waals surface area contributed by atoms with E-state index in [1.807, 2.05) is 0 Å². The van der Waals surface area contributed by atoms with Gasteiger partial charge in [-0.15, -0.1) is 0 Å². The molecule has 43 heavy (non-hydrogen) atoms. The number of likely N-dealkylation sites (N-methyl/N-ethyl adjacent to an activating group) is 1. The zero-order valence-electron chi connectivity index (χ0n) is 29.6. The van der Waals surface area contributed by atoms with Gasteiger partial charge in [-0.25, -0.2) is 0 Å². The highest BCUT2D eigenvalue weighted by Gasteiger charge is 2.21. The molecule has 0 heterocycles. The molecule has 5 N–H and O–H groups in total. The van der Waals surface area contributed by atoms with Crippen LogP contribution in [-0.2, 0) is 4.79 Å². The van der Waals surface area contributed by atoms with Crippen LogP contribution in [-0.4, -0.2) is 56.2 Å². The molecule has 0 rings (SSSR count). The van der Waals surface area contributed by atoms with Gasteiger partial charge in [-0.05, 0) is 45.1 Å². The van der Waals surface area contributed by atoms with Gasteiger partial charge in [0.15, 0.2) is 0 Å². The molecule has 0 saturated heterocycles. The van der Waals surface area contributed by atoms with Gasteiger partial charge in [-0.1, -0.05) is 149 Å². The largest absolute Gasteiger partial charge is 1.00 e. The molecule has 0 aliphatic rings. The van der Waals surface area contributed by atoms with Crippen molar-refractivity contribution in [3.63, 3.8) is 0 Å². The maximum absolute atomic E-state index is 12.5. The van der Waals surface area contributed by atoms with Crippen LogP contribution in [0.3, 0.4) is 0 Å². The fourth-order valence-corrected chi connectivity index (χ4v) is 6.22. The fourth-order valence-electron chi connectivity index (χ4n) is 6.22. The molecule has 0 aliphatic heterocycles. The minimum Gasteiger partial charge on any atom is -1.00 e. The van der Waals surface area contributed by atoms with E-state index < -0.39 is 6.04 Å². The molecule has 0 aromatic carbocycles. The van der Waals surface area contributed by atoms with Gasteiger partial charge in [0.1, 0.15) is 0 Å². The summed E-state index contributed by atoms with van der Waals surface area (Å²) >= 11 is 0. The number of rotatable bonds is 34. The Kier molecular flexibility index (Phi) is 35.9. The van der Waals surface area contributed by atoms with Gasteiger partial charge in [0.25, 0.3) is 0 Å². The van der Waals surface area contributed by atoms with Crippen LogP contribution < -0.4 is 29.2 Å². The topological polar surface area (TPSA) is 81.1 Å². The van der Waals surface area contributed by atoms with E-state index >= 15 is 0 Å². The van der Waals surface area contributed by atoms with Crippen molar-refractivity contribution in [3.8, 4) is 0 Å². The third-order valence-electron chi connectivity index (χ3n) is 9.36. The molecule has 0 unspecified atom stereocenters. The highest BCUT2D eigenvalue weighted by molar-refractivity contribution is 5.81. The Morgan fingerprint density at radius 2 is 0.907 bits per heavy atom. The Balaban J connectivity index is 0. The van der Waals surface area contributed by atoms with Crippen molar-refractivity contribution in [1.82, 2.24) is 5.32 Å². The van der Waals surface area contributed by atoms with Crippen molar-refractivity contribution in [1.29, 1.82) is 0 Å². The molecule has 260 valence electrons. The van der Waals surface area contributed by atoms with Gasteiger partial charge in [0.2, 0.25) is 5.91 Å². The quantitative estimate of drug-likeness (QED) is 0.0568. The Labute approximate surface area is 276 Å². The van der Waals surface area contributed by atoms with Crippen molar-refractivity contribution in [2.75, 3.05) is 39.8 Å². The smallest absolute Gasteiger partial charge is 0.237 e. The highest BCUT2D eigenvalue weighted by atomic mass is 35.5. The molecule has 0 radical (unpaired) electrons. The third kappa shape index (κ3) is 31.4. The minimum atomic E-state index is -0.400. The number of quaternary nitrogens is 1. The summed E-state index contributed by atoms with van der Waals surface area (Å²) in [7, 11) is 2.42. The average molecular weight is 632 g/mol. The number of carbonyl (C=O) groups excluding carboxylic acids is 1. The van der Waals surface area contributed by atoms with Gasteiger partial charge in [-0.2, -0.15) is 0 Å². The SMILES string of the molecule is CCCCCCCCCCCCCC[N+](C)(CCCCCCCCCCCCCC)CCNC(=O)[C@@H](N)CCCCN.[Cl-]. The Hall–Kier alpha value is -0.360. The van der Waals surface area contributed by atoms with Crippen LogP contribution in [0, 0.1) is 0 Å². The van der Waals surface area contributed by atoms with E-state index in [0.29, 0.717) is 6.54 Å². The maximum atomic E-state index is 12.5. The van der Waals surface area contributed by atoms with Crippen molar-refractivity contribution in [2.45, 2.75) is 193 Å². The number of hydrogen-bond acceptors (Lipinski definition) is 3. The third-order valence-corrected chi connectivity index (χ3v) is 9.36. The average Bonchev–Trinajstić information content (AvgIpc) is 2.98. The molecule has 0 saturated carbocycles. The molecule has 0 aromatic heterocycles. The molecule has 5 nitrogen and oxygen atoms in total. The Bertz CT molecular complexity index is 535. The number of halogens is 1. The van der Waals surface area contributed by atoms with Crippen molar-refractivity contribution < 1.29 is 21.7 Å². The molecule has 6 heteroatoms. The zero-order valence-corrected chi connectivity index (χ0v) is 30.3. The number of carbonyl (C=O) groups is 1. The number of nitrogens with one attached hydrogen (secondary N) is 1. The predicted octanol–water partition coefficient (Wildman–Crippen LogP) is 6.41. The van der Waals surface area contributed by atoms with Crippen molar-refractivity contribution in [3.05, 3.63) is 0 Å². The number of amides is 1. The second kappa shape index (κ2) is 34.5. The molecule has 0 bridgehead atoms. The Morgan fingerprint density at radius 3 is 1.26 bits per heavy atom. The van der Waals surface area contributed by atoms with E-state index in [4.69, 9.17) is 11.5 Å². The zero-order chi connectivity index (χ0) is 31.0. The highest BCUT2D eigenvalue weighted by Crippen LogP contribution is 2.16. The summed E-state index contributed by atoms with van der Waals surface area (Å²) in [5.41, 5.74) is 11.7. The van der Waals surface area contributed by atoms with Crippen molar-refractivity contribution in [2.24, 2.45) is 11.5 Å². The summed E-state index contributed by atoms with van der Waals surface area (Å²) in [5.74, 6) is 0.00861. The van der Waals surface area contributed by atoms with E-state index in [-0.39, 0.29) is 18.3 Å². The Morgan fingerprint density at radius 1 is 0.558 bits per heavy atom. The summed E-state index contributed by atoms with van der Waals surface area (Å²) in [6.07, 6.45) is 36.1. The van der Waals surface area contributed by atoms with Crippen LogP contribution in [0.2, 0.25) is 0 Å². The molecular formula is C37H79ClN4O. The molecule has 0 spiro atoms. The molecule has 0 aliphatic carbocycles.